The standard InChI is InChI=1S/C15H21N3S/c1-17-11-12-6-3-4-9-18(12)14-7-5-8-15(19-2)13(14)10-16/h5,7-8,12,17H,3-4,6,9,11H2,1-2H3. The van der Waals surface area contributed by atoms with E-state index in [1.165, 1.54) is 19.3 Å². The molecule has 3 nitrogen and oxygen atoms in total. The second-order valence-electron chi connectivity index (χ2n) is 4.87. The van der Waals surface area contributed by atoms with Crippen LogP contribution in [0.2, 0.25) is 0 Å². The second kappa shape index (κ2) is 6.83. The van der Waals surface area contributed by atoms with Gasteiger partial charge >= 0.3 is 0 Å². The smallest absolute Gasteiger partial charge is 0.103 e. The highest BCUT2D eigenvalue weighted by Gasteiger charge is 2.24. The van der Waals surface area contributed by atoms with Gasteiger partial charge < -0.3 is 10.2 Å². The van der Waals surface area contributed by atoms with E-state index in [0.717, 1.165) is 29.2 Å². The van der Waals surface area contributed by atoms with E-state index in [0.29, 0.717) is 6.04 Å². The molecule has 0 aromatic heterocycles. The highest BCUT2D eigenvalue weighted by atomic mass is 32.2. The van der Waals surface area contributed by atoms with E-state index in [2.05, 4.69) is 28.4 Å². The van der Waals surface area contributed by atoms with Gasteiger partial charge in [0, 0.05) is 24.0 Å². The number of anilines is 1. The van der Waals surface area contributed by atoms with Crippen LogP contribution in [0.5, 0.6) is 0 Å². The van der Waals surface area contributed by atoms with Crippen LogP contribution in [0.25, 0.3) is 0 Å². The Balaban J connectivity index is 2.36. The van der Waals surface area contributed by atoms with Crippen LogP contribution in [0.15, 0.2) is 23.1 Å². The summed E-state index contributed by atoms with van der Waals surface area (Å²) in [6, 6.07) is 9.08. The number of benzene rings is 1. The molecular formula is C15H21N3S. The van der Waals surface area contributed by atoms with Crippen molar-refractivity contribution in [2.75, 3.05) is 31.3 Å². The molecule has 0 bridgehead atoms. The van der Waals surface area contributed by atoms with Gasteiger partial charge in [-0.25, -0.2) is 0 Å². The van der Waals surface area contributed by atoms with Crippen molar-refractivity contribution in [3.63, 3.8) is 0 Å². The number of hydrogen-bond acceptors (Lipinski definition) is 4. The number of likely N-dealkylation sites (N-methyl/N-ethyl adjacent to an activating group) is 1. The van der Waals surface area contributed by atoms with Gasteiger partial charge in [-0.15, -0.1) is 11.8 Å². The number of hydrogen-bond donors (Lipinski definition) is 1. The van der Waals surface area contributed by atoms with Gasteiger partial charge in [-0.1, -0.05) is 6.07 Å². The molecule has 1 unspecified atom stereocenters. The van der Waals surface area contributed by atoms with Gasteiger partial charge in [0.2, 0.25) is 0 Å². The molecule has 0 saturated carbocycles. The van der Waals surface area contributed by atoms with Crippen LogP contribution in [-0.2, 0) is 0 Å². The fourth-order valence-electron chi connectivity index (χ4n) is 2.81. The molecule has 19 heavy (non-hydrogen) atoms. The van der Waals surface area contributed by atoms with E-state index in [9.17, 15) is 5.26 Å². The molecule has 0 aliphatic carbocycles. The fraction of sp³-hybridized carbons (Fsp3) is 0.533. The lowest BCUT2D eigenvalue weighted by Gasteiger charge is -2.38. The summed E-state index contributed by atoms with van der Waals surface area (Å²) in [4.78, 5) is 3.49. The van der Waals surface area contributed by atoms with Crippen LogP contribution in [0, 0.1) is 11.3 Å². The third kappa shape index (κ3) is 3.05. The van der Waals surface area contributed by atoms with Gasteiger partial charge in [0.15, 0.2) is 0 Å². The Labute approximate surface area is 120 Å². The normalized spacial score (nSPS) is 19.2. The molecule has 102 valence electrons. The summed E-state index contributed by atoms with van der Waals surface area (Å²) in [7, 11) is 2.00. The summed E-state index contributed by atoms with van der Waals surface area (Å²) in [5.41, 5.74) is 1.94. The monoisotopic (exact) mass is 275 g/mol. The summed E-state index contributed by atoms with van der Waals surface area (Å²) in [6.07, 6.45) is 5.73. The van der Waals surface area contributed by atoms with Crippen LogP contribution in [0.1, 0.15) is 24.8 Å². The van der Waals surface area contributed by atoms with E-state index in [-0.39, 0.29) is 0 Å². The average molecular weight is 275 g/mol. The Morgan fingerprint density at radius 3 is 3.00 bits per heavy atom. The topological polar surface area (TPSA) is 39.1 Å². The molecule has 1 fully saturated rings. The lowest BCUT2D eigenvalue weighted by atomic mass is 10.00. The van der Waals surface area contributed by atoms with Gasteiger partial charge in [0.05, 0.1) is 11.3 Å². The molecule has 1 heterocycles. The van der Waals surface area contributed by atoms with E-state index in [1.807, 2.05) is 19.4 Å². The van der Waals surface area contributed by atoms with Crippen molar-refractivity contribution < 1.29 is 0 Å². The zero-order chi connectivity index (χ0) is 13.7. The van der Waals surface area contributed by atoms with Crippen LogP contribution in [0.4, 0.5) is 5.69 Å². The van der Waals surface area contributed by atoms with Crippen LogP contribution in [0.3, 0.4) is 0 Å². The Bertz CT molecular complexity index is 465. The number of nitrogens with one attached hydrogen (secondary N) is 1. The van der Waals surface area contributed by atoms with Crippen molar-refractivity contribution in [1.29, 1.82) is 5.26 Å². The summed E-state index contributed by atoms with van der Waals surface area (Å²) < 4.78 is 0. The Morgan fingerprint density at radius 1 is 1.47 bits per heavy atom. The van der Waals surface area contributed by atoms with Gasteiger partial charge in [0.25, 0.3) is 0 Å². The van der Waals surface area contributed by atoms with Crippen molar-refractivity contribution in [2.45, 2.75) is 30.2 Å². The first-order valence-electron chi connectivity index (χ1n) is 6.80. The molecule has 1 aromatic carbocycles. The van der Waals surface area contributed by atoms with Crippen LogP contribution < -0.4 is 10.2 Å². The minimum absolute atomic E-state index is 0.503. The highest BCUT2D eigenvalue weighted by Crippen LogP contribution is 2.32. The molecule has 0 spiro atoms. The number of piperidine rings is 1. The van der Waals surface area contributed by atoms with Crippen molar-refractivity contribution in [2.24, 2.45) is 0 Å². The maximum absolute atomic E-state index is 9.47. The van der Waals surface area contributed by atoms with Gasteiger partial charge in [0.1, 0.15) is 6.07 Å². The lowest BCUT2D eigenvalue weighted by molar-refractivity contribution is 0.446. The number of thioether (sulfide) groups is 1. The van der Waals surface area contributed by atoms with E-state index < -0.39 is 0 Å². The van der Waals surface area contributed by atoms with E-state index in [4.69, 9.17) is 0 Å². The van der Waals surface area contributed by atoms with Gasteiger partial charge in [-0.3, -0.25) is 0 Å². The largest absolute Gasteiger partial charge is 0.366 e. The maximum Gasteiger partial charge on any atom is 0.103 e. The van der Waals surface area contributed by atoms with Crippen molar-refractivity contribution >= 4 is 17.4 Å². The SMILES string of the molecule is CNCC1CCCCN1c1cccc(SC)c1C#N. The number of nitrogens with zero attached hydrogens (tertiary/aromatic N) is 2. The quantitative estimate of drug-likeness (QED) is 0.858. The molecule has 4 heteroatoms. The summed E-state index contributed by atoms with van der Waals surface area (Å²) in [5.74, 6) is 0. The lowest BCUT2D eigenvalue weighted by Crippen LogP contribution is -2.45. The average Bonchev–Trinajstić information content (AvgIpc) is 2.47. The summed E-state index contributed by atoms with van der Waals surface area (Å²) in [5, 5.41) is 12.7. The fourth-order valence-corrected chi connectivity index (χ4v) is 3.38. The van der Waals surface area contributed by atoms with Crippen LogP contribution >= 0.6 is 11.8 Å². The molecule has 1 aromatic rings. The molecule has 1 atom stereocenters. The van der Waals surface area contributed by atoms with Crippen molar-refractivity contribution in [3.8, 4) is 6.07 Å². The summed E-state index contributed by atoms with van der Waals surface area (Å²) >= 11 is 1.65. The third-order valence-corrected chi connectivity index (χ3v) is 4.49. The molecule has 0 radical (unpaired) electrons. The first-order valence-corrected chi connectivity index (χ1v) is 8.02. The third-order valence-electron chi connectivity index (χ3n) is 3.71. The molecule has 1 N–H and O–H groups in total. The molecule has 1 aliphatic heterocycles. The Kier molecular flexibility index (Phi) is 5.12. The Hall–Kier alpha value is -1.18. The van der Waals surface area contributed by atoms with E-state index >= 15 is 0 Å². The zero-order valence-electron chi connectivity index (χ0n) is 11.6. The Morgan fingerprint density at radius 2 is 2.32 bits per heavy atom. The summed E-state index contributed by atoms with van der Waals surface area (Å²) in [6.45, 7) is 2.03. The predicted molar refractivity (Wildman–Crippen MR) is 81.8 cm³/mol. The highest BCUT2D eigenvalue weighted by molar-refractivity contribution is 7.98. The van der Waals surface area contributed by atoms with Crippen molar-refractivity contribution in [3.05, 3.63) is 23.8 Å². The molecular weight excluding hydrogens is 254 g/mol. The van der Waals surface area contributed by atoms with Gasteiger partial charge in [-0.2, -0.15) is 5.26 Å². The number of nitriles is 1. The van der Waals surface area contributed by atoms with Crippen LogP contribution in [-0.4, -0.2) is 32.4 Å². The first kappa shape index (κ1) is 14.2. The minimum Gasteiger partial charge on any atom is -0.366 e. The molecule has 0 amide bonds. The van der Waals surface area contributed by atoms with Crippen molar-refractivity contribution in [1.82, 2.24) is 5.32 Å². The first-order chi connectivity index (χ1) is 9.31. The molecule has 1 saturated heterocycles. The molecule has 1 aliphatic rings. The maximum atomic E-state index is 9.47. The minimum atomic E-state index is 0.503. The molecule has 2 rings (SSSR count). The second-order valence-corrected chi connectivity index (χ2v) is 5.71. The number of rotatable bonds is 4. The zero-order valence-corrected chi connectivity index (χ0v) is 12.5. The predicted octanol–water partition coefficient (Wildman–Crippen LogP) is 2.86. The van der Waals surface area contributed by atoms with E-state index in [1.54, 1.807) is 11.8 Å². The van der Waals surface area contributed by atoms with Gasteiger partial charge in [-0.05, 0) is 44.7 Å².